The Morgan fingerprint density at radius 1 is 1.11 bits per heavy atom. The van der Waals surface area contributed by atoms with E-state index in [0.29, 0.717) is 12.1 Å². The van der Waals surface area contributed by atoms with Gasteiger partial charge in [0.2, 0.25) is 0 Å². The van der Waals surface area contributed by atoms with Gasteiger partial charge in [0, 0.05) is 25.2 Å². The number of carbonyl (C=O) groups excluding carboxylic acids is 1. The fourth-order valence-corrected chi connectivity index (χ4v) is 2.00. The molecule has 0 amide bonds. The van der Waals surface area contributed by atoms with E-state index >= 15 is 0 Å². The van der Waals surface area contributed by atoms with Crippen molar-refractivity contribution in [1.29, 1.82) is 0 Å². The molecular weight excluding hydrogens is 240 g/mol. The number of nitrogens with zero attached hydrogens (tertiary/aromatic N) is 1. The summed E-state index contributed by atoms with van der Waals surface area (Å²) in [5, 5.41) is 3.23. The van der Waals surface area contributed by atoms with Crippen molar-refractivity contribution in [3.63, 3.8) is 0 Å². The normalized spacial score (nSPS) is 14.3. The van der Waals surface area contributed by atoms with Crippen LogP contribution < -0.4 is 5.32 Å². The number of esters is 1. The van der Waals surface area contributed by atoms with Crippen LogP contribution >= 0.6 is 0 Å². The molecule has 0 spiro atoms. The van der Waals surface area contributed by atoms with Crippen LogP contribution in [0.25, 0.3) is 0 Å². The quantitative estimate of drug-likeness (QED) is 0.723. The SMILES string of the molecule is CC(NCCN(C(C)C)C(C)C)C(=O)OC(C)(C)C. The molecule has 114 valence electrons. The van der Waals surface area contributed by atoms with Crippen LogP contribution in [0.3, 0.4) is 0 Å². The number of nitrogens with one attached hydrogen (secondary N) is 1. The van der Waals surface area contributed by atoms with Gasteiger partial charge >= 0.3 is 5.97 Å². The summed E-state index contributed by atoms with van der Waals surface area (Å²) in [4.78, 5) is 14.2. The largest absolute Gasteiger partial charge is 0.459 e. The number of ether oxygens (including phenoxy) is 1. The van der Waals surface area contributed by atoms with E-state index in [2.05, 4.69) is 37.9 Å². The molecule has 0 radical (unpaired) electrons. The molecule has 0 saturated heterocycles. The van der Waals surface area contributed by atoms with Crippen molar-refractivity contribution >= 4 is 5.97 Å². The van der Waals surface area contributed by atoms with Crippen molar-refractivity contribution in [2.45, 2.75) is 79.1 Å². The fraction of sp³-hybridized carbons (Fsp3) is 0.933. The zero-order chi connectivity index (χ0) is 15.2. The van der Waals surface area contributed by atoms with Crippen molar-refractivity contribution in [3.05, 3.63) is 0 Å². The van der Waals surface area contributed by atoms with E-state index in [0.717, 1.165) is 13.1 Å². The van der Waals surface area contributed by atoms with Crippen molar-refractivity contribution < 1.29 is 9.53 Å². The Labute approximate surface area is 118 Å². The number of hydrogen-bond acceptors (Lipinski definition) is 4. The Hall–Kier alpha value is -0.610. The van der Waals surface area contributed by atoms with Gasteiger partial charge in [-0.15, -0.1) is 0 Å². The molecule has 0 aromatic carbocycles. The first-order valence-electron chi connectivity index (χ1n) is 7.26. The van der Waals surface area contributed by atoms with E-state index in [1.165, 1.54) is 0 Å². The van der Waals surface area contributed by atoms with Gasteiger partial charge in [-0.25, -0.2) is 0 Å². The second-order valence-electron chi connectivity index (χ2n) is 6.63. The third kappa shape index (κ3) is 8.22. The first kappa shape index (κ1) is 18.4. The minimum Gasteiger partial charge on any atom is -0.459 e. The molecule has 4 nitrogen and oxygen atoms in total. The van der Waals surface area contributed by atoms with Gasteiger partial charge in [0.05, 0.1) is 0 Å². The Kier molecular flexibility index (Phi) is 7.60. The fourth-order valence-electron chi connectivity index (χ4n) is 2.00. The van der Waals surface area contributed by atoms with Gasteiger partial charge in [0.25, 0.3) is 0 Å². The minimum absolute atomic E-state index is 0.187. The molecule has 1 N–H and O–H groups in total. The van der Waals surface area contributed by atoms with Gasteiger partial charge in [-0.1, -0.05) is 0 Å². The summed E-state index contributed by atoms with van der Waals surface area (Å²) in [6.07, 6.45) is 0. The summed E-state index contributed by atoms with van der Waals surface area (Å²) in [5.41, 5.74) is -0.422. The molecule has 0 aromatic heterocycles. The van der Waals surface area contributed by atoms with Crippen LogP contribution in [0.1, 0.15) is 55.4 Å². The van der Waals surface area contributed by atoms with Crippen molar-refractivity contribution in [3.8, 4) is 0 Å². The van der Waals surface area contributed by atoms with Crippen molar-refractivity contribution in [2.24, 2.45) is 0 Å². The molecule has 0 aliphatic heterocycles. The molecule has 19 heavy (non-hydrogen) atoms. The zero-order valence-corrected chi connectivity index (χ0v) is 13.9. The first-order chi connectivity index (χ1) is 8.54. The second kappa shape index (κ2) is 7.85. The van der Waals surface area contributed by atoms with Crippen LogP contribution in [0.15, 0.2) is 0 Å². The highest BCUT2D eigenvalue weighted by Crippen LogP contribution is 2.08. The summed E-state index contributed by atoms with van der Waals surface area (Å²) in [7, 11) is 0. The summed E-state index contributed by atoms with van der Waals surface area (Å²) >= 11 is 0. The first-order valence-corrected chi connectivity index (χ1v) is 7.26. The number of rotatable bonds is 7. The highest BCUT2D eigenvalue weighted by molar-refractivity contribution is 5.75. The highest BCUT2D eigenvalue weighted by atomic mass is 16.6. The maximum atomic E-state index is 11.8. The summed E-state index contributed by atoms with van der Waals surface area (Å²) in [6, 6.07) is 0.762. The maximum absolute atomic E-state index is 11.8. The van der Waals surface area contributed by atoms with Crippen LogP contribution in [0, 0.1) is 0 Å². The van der Waals surface area contributed by atoms with E-state index in [4.69, 9.17) is 4.74 Å². The summed E-state index contributed by atoms with van der Waals surface area (Å²) < 4.78 is 5.34. The lowest BCUT2D eigenvalue weighted by atomic mass is 10.2. The topological polar surface area (TPSA) is 41.6 Å². The molecule has 0 bridgehead atoms. The molecule has 0 saturated carbocycles. The molecule has 0 aliphatic rings. The highest BCUT2D eigenvalue weighted by Gasteiger charge is 2.21. The lowest BCUT2D eigenvalue weighted by Crippen LogP contribution is -2.45. The van der Waals surface area contributed by atoms with Crippen LogP contribution in [0.4, 0.5) is 0 Å². The van der Waals surface area contributed by atoms with Gasteiger partial charge in [-0.05, 0) is 55.4 Å². The Balaban J connectivity index is 4.09. The maximum Gasteiger partial charge on any atom is 0.323 e. The molecule has 4 heteroatoms. The van der Waals surface area contributed by atoms with E-state index in [-0.39, 0.29) is 12.0 Å². The van der Waals surface area contributed by atoms with E-state index in [1.807, 2.05) is 27.7 Å². The standard InChI is InChI=1S/C15H32N2O2/c1-11(2)17(12(3)4)10-9-16-13(5)14(18)19-15(6,7)8/h11-13,16H,9-10H2,1-8H3. The number of hydrogen-bond donors (Lipinski definition) is 1. The van der Waals surface area contributed by atoms with Gasteiger partial charge in [0.15, 0.2) is 0 Å². The van der Waals surface area contributed by atoms with Gasteiger partial charge in [-0.2, -0.15) is 0 Å². The predicted molar refractivity (Wildman–Crippen MR) is 80.3 cm³/mol. The molecule has 1 unspecified atom stereocenters. The molecule has 0 heterocycles. The van der Waals surface area contributed by atoms with Gasteiger partial charge in [-0.3, -0.25) is 9.69 Å². The Morgan fingerprint density at radius 3 is 1.95 bits per heavy atom. The average Bonchev–Trinajstić information content (AvgIpc) is 2.20. The lowest BCUT2D eigenvalue weighted by Gasteiger charge is -2.31. The minimum atomic E-state index is -0.422. The van der Waals surface area contributed by atoms with Crippen LogP contribution in [-0.4, -0.2) is 47.7 Å². The molecule has 0 rings (SSSR count). The van der Waals surface area contributed by atoms with Gasteiger partial charge < -0.3 is 10.1 Å². The van der Waals surface area contributed by atoms with E-state index in [1.54, 1.807) is 0 Å². The zero-order valence-electron chi connectivity index (χ0n) is 13.9. The van der Waals surface area contributed by atoms with Crippen molar-refractivity contribution in [1.82, 2.24) is 10.2 Å². The van der Waals surface area contributed by atoms with Crippen LogP contribution in [0.2, 0.25) is 0 Å². The molecular formula is C15H32N2O2. The molecule has 0 aromatic rings. The van der Waals surface area contributed by atoms with Crippen LogP contribution in [0.5, 0.6) is 0 Å². The molecule has 1 atom stereocenters. The van der Waals surface area contributed by atoms with Gasteiger partial charge in [0.1, 0.15) is 11.6 Å². The smallest absolute Gasteiger partial charge is 0.323 e. The third-order valence-electron chi connectivity index (χ3n) is 2.91. The Morgan fingerprint density at radius 2 is 1.58 bits per heavy atom. The van der Waals surface area contributed by atoms with Crippen molar-refractivity contribution in [2.75, 3.05) is 13.1 Å². The summed E-state index contributed by atoms with van der Waals surface area (Å²) in [6.45, 7) is 18.0. The summed E-state index contributed by atoms with van der Waals surface area (Å²) in [5.74, 6) is -0.187. The predicted octanol–water partition coefficient (Wildman–Crippen LogP) is 2.42. The lowest BCUT2D eigenvalue weighted by molar-refractivity contribution is -0.156. The molecule has 0 fully saturated rings. The molecule has 0 aliphatic carbocycles. The third-order valence-corrected chi connectivity index (χ3v) is 2.91. The van der Waals surface area contributed by atoms with E-state index in [9.17, 15) is 4.79 Å². The Bertz CT molecular complexity index is 262. The number of carbonyl (C=O) groups is 1. The van der Waals surface area contributed by atoms with E-state index < -0.39 is 5.60 Å². The monoisotopic (exact) mass is 272 g/mol. The average molecular weight is 272 g/mol. The van der Waals surface area contributed by atoms with Crippen LogP contribution in [-0.2, 0) is 9.53 Å². The second-order valence-corrected chi connectivity index (χ2v) is 6.63.